The van der Waals surface area contributed by atoms with E-state index in [0.29, 0.717) is 30.7 Å². The summed E-state index contributed by atoms with van der Waals surface area (Å²) < 4.78 is 4.98. The van der Waals surface area contributed by atoms with Gasteiger partial charge in [0.05, 0.1) is 6.61 Å². The Labute approximate surface area is 107 Å². The number of anilines is 3. The Balaban J connectivity index is 1.99. The molecule has 1 saturated carbocycles. The number of nitrogen functional groups attached to an aromatic ring is 1. The summed E-state index contributed by atoms with van der Waals surface area (Å²) >= 11 is 0. The van der Waals surface area contributed by atoms with Gasteiger partial charge in [-0.15, -0.1) is 0 Å². The molecule has 2 rings (SSSR count). The number of ether oxygens (including phenoxy) is 1. The number of nitrogens with zero attached hydrogens (tertiary/aromatic N) is 2. The van der Waals surface area contributed by atoms with Crippen molar-refractivity contribution in [2.45, 2.75) is 31.7 Å². The van der Waals surface area contributed by atoms with Gasteiger partial charge in [-0.2, -0.15) is 0 Å². The van der Waals surface area contributed by atoms with Crippen molar-refractivity contribution in [2.24, 2.45) is 0 Å². The molecule has 100 valence electrons. The fourth-order valence-corrected chi connectivity index (χ4v) is 2.19. The second-order valence-electron chi connectivity index (χ2n) is 4.53. The maximum Gasteiger partial charge on any atom is 0.155 e. The summed E-state index contributed by atoms with van der Waals surface area (Å²) in [6.45, 7) is 1.30. The van der Waals surface area contributed by atoms with Gasteiger partial charge in [-0.05, 0) is 12.8 Å². The number of methoxy groups -OCH3 is 1. The standard InChI is InChI=1S/C12H21N5O/c1-18-7-6-14-11-10(13)12(16-8-15-11)17-9-4-2-3-5-9/h8-9H,2-7,13H2,1H3,(H2,14,15,16,17). The second-order valence-corrected chi connectivity index (χ2v) is 4.53. The molecular weight excluding hydrogens is 230 g/mol. The molecule has 6 heteroatoms. The Morgan fingerprint density at radius 3 is 2.78 bits per heavy atom. The molecule has 1 fully saturated rings. The molecule has 1 aromatic heterocycles. The van der Waals surface area contributed by atoms with Crippen molar-refractivity contribution >= 4 is 17.3 Å². The Kier molecular flexibility index (Phi) is 4.58. The van der Waals surface area contributed by atoms with Gasteiger partial charge in [0, 0.05) is 19.7 Å². The Morgan fingerprint density at radius 2 is 2.06 bits per heavy atom. The number of nitrogens with two attached hydrogens (primary N) is 1. The van der Waals surface area contributed by atoms with Crippen LogP contribution in [0.15, 0.2) is 6.33 Å². The van der Waals surface area contributed by atoms with E-state index in [9.17, 15) is 0 Å². The molecule has 1 aliphatic rings. The molecule has 18 heavy (non-hydrogen) atoms. The van der Waals surface area contributed by atoms with Crippen LogP contribution < -0.4 is 16.4 Å². The van der Waals surface area contributed by atoms with E-state index in [4.69, 9.17) is 10.5 Å². The average molecular weight is 251 g/mol. The average Bonchev–Trinajstić information content (AvgIpc) is 2.87. The van der Waals surface area contributed by atoms with Gasteiger partial charge in [-0.3, -0.25) is 0 Å². The zero-order valence-electron chi connectivity index (χ0n) is 10.8. The molecule has 4 N–H and O–H groups in total. The van der Waals surface area contributed by atoms with Gasteiger partial charge in [-0.25, -0.2) is 9.97 Å². The lowest BCUT2D eigenvalue weighted by Gasteiger charge is -2.16. The van der Waals surface area contributed by atoms with E-state index >= 15 is 0 Å². The fraction of sp³-hybridized carbons (Fsp3) is 0.667. The number of aromatic nitrogens is 2. The molecule has 1 aromatic rings. The first kappa shape index (κ1) is 12.9. The van der Waals surface area contributed by atoms with Crippen molar-refractivity contribution in [3.8, 4) is 0 Å². The smallest absolute Gasteiger partial charge is 0.155 e. The third-order valence-corrected chi connectivity index (χ3v) is 3.18. The van der Waals surface area contributed by atoms with Crippen molar-refractivity contribution in [1.29, 1.82) is 0 Å². The van der Waals surface area contributed by atoms with E-state index in [1.165, 1.54) is 32.0 Å². The lowest BCUT2D eigenvalue weighted by atomic mass is 10.2. The molecule has 0 amide bonds. The quantitative estimate of drug-likeness (QED) is 0.664. The molecule has 0 radical (unpaired) electrons. The normalized spacial score (nSPS) is 15.8. The minimum atomic E-state index is 0.494. The van der Waals surface area contributed by atoms with Crippen LogP contribution in [0.3, 0.4) is 0 Å². The van der Waals surface area contributed by atoms with Gasteiger partial charge in [0.2, 0.25) is 0 Å². The third-order valence-electron chi connectivity index (χ3n) is 3.18. The second kappa shape index (κ2) is 6.39. The van der Waals surface area contributed by atoms with Crippen molar-refractivity contribution in [2.75, 3.05) is 36.6 Å². The van der Waals surface area contributed by atoms with Gasteiger partial charge in [0.15, 0.2) is 11.6 Å². The highest BCUT2D eigenvalue weighted by Gasteiger charge is 2.17. The molecule has 0 aromatic carbocycles. The van der Waals surface area contributed by atoms with Crippen molar-refractivity contribution in [1.82, 2.24) is 9.97 Å². The number of nitrogens with one attached hydrogen (secondary N) is 2. The van der Waals surface area contributed by atoms with Crippen LogP contribution in [0.25, 0.3) is 0 Å². The summed E-state index contributed by atoms with van der Waals surface area (Å²) in [4.78, 5) is 8.35. The first-order valence-electron chi connectivity index (χ1n) is 6.41. The summed E-state index contributed by atoms with van der Waals surface area (Å²) in [7, 11) is 1.66. The molecule has 0 spiro atoms. The van der Waals surface area contributed by atoms with Crippen molar-refractivity contribution in [3.05, 3.63) is 6.33 Å². The van der Waals surface area contributed by atoms with E-state index in [2.05, 4.69) is 20.6 Å². The van der Waals surface area contributed by atoms with Gasteiger partial charge in [0.25, 0.3) is 0 Å². The van der Waals surface area contributed by atoms with Gasteiger partial charge >= 0.3 is 0 Å². The fourth-order valence-electron chi connectivity index (χ4n) is 2.19. The highest BCUT2D eigenvalue weighted by atomic mass is 16.5. The molecule has 0 saturated heterocycles. The van der Waals surface area contributed by atoms with Crippen LogP contribution in [0.5, 0.6) is 0 Å². The summed E-state index contributed by atoms with van der Waals surface area (Å²) in [6, 6.07) is 0.494. The molecule has 0 aliphatic heterocycles. The first-order chi connectivity index (χ1) is 8.81. The molecule has 0 unspecified atom stereocenters. The number of hydrogen-bond donors (Lipinski definition) is 3. The molecule has 0 atom stereocenters. The third kappa shape index (κ3) is 3.22. The topological polar surface area (TPSA) is 85.1 Å². The van der Waals surface area contributed by atoms with Crippen molar-refractivity contribution < 1.29 is 4.74 Å². The molecule has 0 bridgehead atoms. The highest BCUT2D eigenvalue weighted by molar-refractivity contribution is 5.74. The molecule has 1 heterocycles. The van der Waals surface area contributed by atoms with Crippen LogP contribution in [0.1, 0.15) is 25.7 Å². The van der Waals surface area contributed by atoms with E-state index in [1.54, 1.807) is 7.11 Å². The maximum atomic E-state index is 6.05. The van der Waals surface area contributed by atoms with Crippen LogP contribution in [0.4, 0.5) is 17.3 Å². The van der Waals surface area contributed by atoms with Gasteiger partial charge in [-0.1, -0.05) is 12.8 Å². The number of hydrogen-bond acceptors (Lipinski definition) is 6. The van der Waals surface area contributed by atoms with E-state index < -0.39 is 0 Å². The summed E-state index contributed by atoms with van der Waals surface area (Å²) in [5, 5.41) is 6.53. The molecule has 6 nitrogen and oxygen atoms in total. The van der Waals surface area contributed by atoms with Crippen LogP contribution in [0.2, 0.25) is 0 Å². The molecular formula is C12H21N5O. The van der Waals surface area contributed by atoms with Crippen LogP contribution in [0, 0.1) is 0 Å². The zero-order chi connectivity index (χ0) is 12.8. The lowest BCUT2D eigenvalue weighted by molar-refractivity contribution is 0.210. The Morgan fingerprint density at radius 1 is 1.33 bits per heavy atom. The SMILES string of the molecule is COCCNc1ncnc(NC2CCCC2)c1N. The summed E-state index contributed by atoms with van der Waals surface area (Å²) in [5.41, 5.74) is 6.64. The van der Waals surface area contributed by atoms with Crippen LogP contribution in [-0.4, -0.2) is 36.3 Å². The Bertz CT molecular complexity index is 379. The van der Waals surface area contributed by atoms with Crippen molar-refractivity contribution in [3.63, 3.8) is 0 Å². The summed E-state index contributed by atoms with van der Waals surface area (Å²) in [5.74, 6) is 1.40. The highest BCUT2D eigenvalue weighted by Crippen LogP contribution is 2.27. The number of rotatable bonds is 6. The minimum Gasteiger partial charge on any atom is -0.393 e. The summed E-state index contributed by atoms with van der Waals surface area (Å²) in [6.07, 6.45) is 6.47. The molecule has 1 aliphatic carbocycles. The lowest BCUT2D eigenvalue weighted by Crippen LogP contribution is -2.18. The minimum absolute atomic E-state index is 0.494. The van der Waals surface area contributed by atoms with Gasteiger partial charge in [0.1, 0.15) is 12.0 Å². The van der Waals surface area contributed by atoms with Crippen LogP contribution in [-0.2, 0) is 4.74 Å². The Hall–Kier alpha value is -1.56. The van der Waals surface area contributed by atoms with Crippen LogP contribution >= 0.6 is 0 Å². The monoisotopic (exact) mass is 251 g/mol. The largest absolute Gasteiger partial charge is 0.393 e. The van der Waals surface area contributed by atoms with Gasteiger partial charge < -0.3 is 21.1 Å². The predicted octanol–water partition coefficient (Wildman–Crippen LogP) is 1.47. The predicted molar refractivity (Wildman–Crippen MR) is 72.7 cm³/mol. The zero-order valence-corrected chi connectivity index (χ0v) is 10.8. The van der Waals surface area contributed by atoms with E-state index in [0.717, 1.165) is 5.82 Å². The maximum absolute atomic E-state index is 6.05. The van der Waals surface area contributed by atoms with E-state index in [1.807, 2.05) is 0 Å². The van der Waals surface area contributed by atoms with E-state index in [-0.39, 0.29) is 0 Å². The first-order valence-corrected chi connectivity index (χ1v) is 6.41.